The fraction of sp³-hybridized carbons (Fsp3) is 0.250. The van der Waals surface area contributed by atoms with E-state index in [1.165, 1.54) is 0 Å². The van der Waals surface area contributed by atoms with Crippen LogP contribution in [0.5, 0.6) is 5.75 Å². The first-order valence-electron chi connectivity index (χ1n) is 8.48. The molecule has 0 bridgehead atoms. The molecule has 2 aromatic carbocycles. The standard InChI is InChI=1S/C20H20ClN3O3/c1-12-8-17(9-13(2)20(12)21)26-11-18(25)22-16-6-4-15(5-7-16)10-19-24-23-14(3)27-19/h4-9H,10-11H2,1-3H3,(H,22,25). The fourth-order valence-corrected chi connectivity index (χ4v) is 2.73. The van der Waals surface area contributed by atoms with E-state index in [1.54, 1.807) is 6.92 Å². The van der Waals surface area contributed by atoms with Crippen molar-refractivity contribution >= 4 is 23.2 Å². The van der Waals surface area contributed by atoms with Crippen LogP contribution in [0, 0.1) is 20.8 Å². The zero-order valence-corrected chi connectivity index (χ0v) is 16.1. The molecule has 0 atom stereocenters. The van der Waals surface area contributed by atoms with Gasteiger partial charge in [-0.3, -0.25) is 4.79 Å². The zero-order valence-electron chi connectivity index (χ0n) is 15.4. The summed E-state index contributed by atoms with van der Waals surface area (Å²) in [6.07, 6.45) is 0.549. The van der Waals surface area contributed by atoms with Crippen LogP contribution in [0.1, 0.15) is 28.5 Å². The van der Waals surface area contributed by atoms with Gasteiger partial charge in [0, 0.05) is 17.6 Å². The molecule has 1 aromatic heterocycles. The minimum Gasteiger partial charge on any atom is -0.484 e. The van der Waals surface area contributed by atoms with Gasteiger partial charge < -0.3 is 14.5 Å². The van der Waals surface area contributed by atoms with E-state index < -0.39 is 0 Å². The third-order valence-corrected chi connectivity index (χ3v) is 4.54. The van der Waals surface area contributed by atoms with E-state index in [2.05, 4.69) is 15.5 Å². The van der Waals surface area contributed by atoms with Crippen LogP contribution >= 0.6 is 11.6 Å². The van der Waals surface area contributed by atoms with Crippen molar-refractivity contribution in [2.75, 3.05) is 11.9 Å². The van der Waals surface area contributed by atoms with Gasteiger partial charge in [0.25, 0.3) is 5.91 Å². The number of ether oxygens (including phenoxy) is 1. The summed E-state index contributed by atoms with van der Waals surface area (Å²) in [5.41, 5.74) is 3.54. The summed E-state index contributed by atoms with van der Waals surface area (Å²) < 4.78 is 10.9. The summed E-state index contributed by atoms with van der Waals surface area (Å²) in [4.78, 5) is 12.1. The van der Waals surface area contributed by atoms with Gasteiger partial charge >= 0.3 is 0 Å². The summed E-state index contributed by atoms with van der Waals surface area (Å²) in [7, 11) is 0. The number of benzene rings is 2. The molecular weight excluding hydrogens is 366 g/mol. The van der Waals surface area contributed by atoms with Crippen molar-refractivity contribution in [3.8, 4) is 5.75 Å². The average molecular weight is 386 g/mol. The Morgan fingerprint density at radius 1 is 1.11 bits per heavy atom. The Labute approximate surface area is 162 Å². The number of nitrogens with zero attached hydrogens (tertiary/aromatic N) is 2. The number of carbonyl (C=O) groups excluding carboxylic acids is 1. The molecule has 0 aliphatic heterocycles. The molecule has 27 heavy (non-hydrogen) atoms. The van der Waals surface area contributed by atoms with Crippen LogP contribution in [0.2, 0.25) is 5.02 Å². The Kier molecular flexibility index (Phi) is 5.76. The normalized spacial score (nSPS) is 10.7. The van der Waals surface area contributed by atoms with Crippen LogP contribution in [-0.4, -0.2) is 22.7 Å². The van der Waals surface area contributed by atoms with E-state index in [4.69, 9.17) is 20.8 Å². The first-order valence-corrected chi connectivity index (χ1v) is 8.86. The highest BCUT2D eigenvalue weighted by molar-refractivity contribution is 6.32. The summed E-state index contributed by atoms with van der Waals surface area (Å²) in [5, 5.41) is 11.3. The predicted octanol–water partition coefficient (Wildman–Crippen LogP) is 4.26. The van der Waals surface area contributed by atoms with Crippen LogP contribution in [-0.2, 0) is 11.2 Å². The molecule has 0 fully saturated rings. The van der Waals surface area contributed by atoms with Gasteiger partial charge in [-0.2, -0.15) is 0 Å². The molecular formula is C20H20ClN3O3. The summed E-state index contributed by atoms with van der Waals surface area (Å²) in [6.45, 7) is 5.48. The molecule has 7 heteroatoms. The molecule has 140 valence electrons. The van der Waals surface area contributed by atoms with Crippen LogP contribution in [0.3, 0.4) is 0 Å². The van der Waals surface area contributed by atoms with E-state index in [1.807, 2.05) is 50.2 Å². The van der Waals surface area contributed by atoms with Gasteiger partial charge in [-0.1, -0.05) is 23.7 Å². The lowest BCUT2D eigenvalue weighted by atomic mass is 10.1. The summed E-state index contributed by atoms with van der Waals surface area (Å²) in [6, 6.07) is 11.1. The Morgan fingerprint density at radius 2 is 1.78 bits per heavy atom. The Morgan fingerprint density at radius 3 is 2.37 bits per heavy atom. The number of carbonyl (C=O) groups is 1. The van der Waals surface area contributed by atoms with Crippen molar-refractivity contribution in [1.29, 1.82) is 0 Å². The lowest BCUT2D eigenvalue weighted by Crippen LogP contribution is -2.20. The van der Waals surface area contributed by atoms with Gasteiger partial charge in [0.05, 0.1) is 6.42 Å². The molecule has 3 rings (SSSR count). The van der Waals surface area contributed by atoms with E-state index in [9.17, 15) is 4.79 Å². The van der Waals surface area contributed by atoms with Crippen molar-refractivity contribution in [2.24, 2.45) is 0 Å². The highest BCUT2D eigenvalue weighted by Crippen LogP contribution is 2.25. The Bertz CT molecular complexity index is 928. The maximum Gasteiger partial charge on any atom is 0.262 e. The maximum atomic E-state index is 12.1. The number of nitrogens with one attached hydrogen (secondary N) is 1. The van der Waals surface area contributed by atoms with Crippen LogP contribution < -0.4 is 10.1 Å². The number of amides is 1. The second-order valence-electron chi connectivity index (χ2n) is 6.30. The van der Waals surface area contributed by atoms with Crippen molar-refractivity contribution in [1.82, 2.24) is 10.2 Å². The minimum atomic E-state index is -0.236. The molecule has 0 radical (unpaired) electrons. The highest BCUT2D eigenvalue weighted by atomic mass is 35.5. The average Bonchev–Trinajstić information content (AvgIpc) is 3.04. The van der Waals surface area contributed by atoms with Gasteiger partial charge in [0.15, 0.2) is 6.61 Å². The first kappa shape index (κ1) is 18.9. The van der Waals surface area contributed by atoms with Gasteiger partial charge in [-0.15, -0.1) is 10.2 Å². The number of aromatic nitrogens is 2. The maximum absolute atomic E-state index is 12.1. The zero-order chi connectivity index (χ0) is 19.4. The lowest BCUT2D eigenvalue weighted by Gasteiger charge is -2.10. The van der Waals surface area contributed by atoms with Gasteiger partial charge in [0.2, 0.25) is 11.8 Å². The number of aryl methyl sites for hydroxylation is 3. The van der Waals surface area contributed by atoms with Gasteiger partial charge in [-0.25, -0.2) is 0 Å². The number of anilines is 1. The summed E-state index contributed by atoms with van der Waals surface area (Å²) >= 11 is 6.14. The lowest BCUT2D eigenvalue weighted by molar-refractivity contribution is -0.118. The van der Waals surface area contributed by atoms with Gasteiger partial charge in [-0.05, 0) is 54.8 Å². The molecule has 0 aliphatic carbocycles. The van der Waals surface area contributed by atoms with Crippen molar-refractivity contribution in [3.05, 3.63) is 69.9 Å². The van der Waals surface area contributed by atoms with Gasteiger partial charge in [0.1, 0.15) is 5.75 Å². The molecule has 1 N–H and O–H groups in total. The fourth-order valence-electron chi connectivity index (χ4n) is 2.62. The SMILES string of the molecule is Cc1nnc(Cc2ccc(NC(=O)COc3cc(C)c(Cl)c(C)c3)cc2)o1. The third-order valence-electron chi connectivity index (χ3n) is 3.94. The second kappa shape index (κ2) is 8.22. The van der Waals surface area contributed by atoms with Crippen molar-refractivity contribution < 1.29 is 13.9 Å². The van der Waals surface area contributed by atoms with E-state index in [-0.39, 0.29) is 12.5 Å². The predicted molar refractivity (Wildman–Crippen MR) is 103 cm³/mol. The molecule has 0 aliphatic rings. The number of halogens is 1. The number of hydrogen-bond acceptors (Lipinski definition) is 5. The second-order valence-corrected chi connectivity index (χ2v) is 6.67. The molecule has 1 heterocycles. The molecule has 0 saturated carbocycles. The number of rotatable bonds is 6. The van der Waals surface area contributed by atoms with E-state index >= 15 is 0 Å². The molecule has 1 amide bonds. The minimum absolute atomic E-state index is 0.0798. The smallest absolute Gasteiger partial charge is 0.262 e. The van der Waals surface area contributed by atoms with Crippen LogP contribution in [0.4, 0.5) is 5.69 Å². The molecule has 0 saturated heterocycles. The Balaban J connectivity index is 1.53. The van der Waals surface area contributed by atoms with Crippen LogP contribution in [0.25, 0.3) is 0 Å². The molecule has 0 spiro atoms. The van der Waals surface area contributed by atoms with Crippen molar-refractivity contribution in [3.63, 3.8) is 0 Å². The molecule has 6 nitrogen and oxygen atoms in total. The molecule has 3 aromatic rings. The number of hydrogen-bond donors (Lipinski definition) is 1. The third kappa shape index (κ3) is 5.08. The summed E-state index contributed by atoms with van der Waals surface area (Å²) in [5.74, 6) is 1.49. The van der Waals surface area contributed by atoms with Crippen molar-refractivity contribution in [2.45, 2.75) is 27.2 Å². The largest absolute Gasteiger partial charge is 0.484 e. The monoisotopic (exact) mass is 385 g/mol. The Hall–Kier alpha value is -2.86. The highest BCUT2D eigenvalue weighted by Gasteiger charge is 2.08. The molecule has 0 unspecified atom stereocenters. The first-order chi connectivity index (χ1) is 12.9. The van der Waals surface area contributed by atoms with E-state index in [0.29, 0.717) is 34.7 Å². The van der Waals surface area contributed by atoms with Crippen LogP contribution in [0.15, 0.2) is 40.8 Å². The van der Waals surface area contributed by atoms with E-state index in [0.717, 1.165) is 16.7 Å². The topological polar surface area (TPSA) is 77.2 Å². The quantitative estimate of drug-likeness (QED) is 0.686.